The van der Waals surface area contributed by atoms with Crippen LogP contribution in [-0.4, -0.2) is 29.6 Å². The van der Waals surface area contributed by atoms with Gasteiger partial charge in [-0.1, -0.05) is 34.1 Å². The molecule has 0 unspecified atom stereocenters. The van der Waals surface area contributed by atoms with Crippen molar-refractivity contribution in [2.75, 3.05) is 11.9 Å². The quantitative estimate of drug-likeness (QED) is 0.225. The Morgan fingerprint density at radius 1 is 1.06 bits per heavy atom. The number of nitrogens with one attached hydrogen (secondary N) is 2. The fourth-order valence-corrected chi connectivity index (χ4v) is 4.02. The monoisotopic (exact) mass is 574 g/mol. The highest BCUT2D eigenvalue weighted by Crippen LogP contribution is 2.32. The molecular weight excluding hydrogens is 560 g/mol. The second-order valence-electron chi connectivity index (χ2n) is 6.51. The Morgan fingerprint density at radius 3 is 2.42 bits per heavy atom. The number of nitrogens with zero attached hydrogens (tertiary/aromatic N) is 2. The van der Waals surface area contributed by atoms with E-state index in [1.54, 1.807) is 36.4 Å². The summed E-state index contributed by atoms with van der Waals surface area (Å²) in [6.07, 6.45) is 1.36. The summed E-state index contributed by atoms with van der Waals surface area (Å²) in [7, 11) is 0. The van der Waals surface area contributed by atoms with Crippen LogP contribution in [0.4, 0.5) is 11.4 Å². The van der Waals surface area contributed by atoms with Gasteiger partial charge >= 0.3 is 0 Å². The van der Waals surface area contributed by atoms with Gasteiger partial charge in [-0.15, -0.1) is 0 Å². The van der Waals surface area contributed by atoms with E-state index in [1.807, 2.05) is 6.07 Å². The smallest absolute Gasteiger partial charge is 0.271 e. The Morgan fingerprint density at radius 2 is 1.76 bits per heavy atom. The van der Waals surface area contributed by atoms with Crippen molar-refractivity contribution in [3.05, 3.63) is 96.9 Å². The molecule has 0 aliphatic rings. The molecule has 2 N–H and O–H groups in total. The lowest BCUT2D eigenvalue weighted by Gasteiger charge is -2.12. The topological polar surface area (TPSA) is 123 Å². The summed E-state index contributed by atoms with van der Waals surface area (Å²) in [5.41, 5.74) is 3.59. The van der Waals surface area contributed by atoms with Crippen molar-refractivity contribution >= 4 is 61.3 Å². The maximum atomic E-state index is 12.2. The van der Waals surface area contributed by atoms with Crippen LogP contribution in [-0.2, 0) is 4.79 Å². The maximum absolute atomic E-state index is 12.2. The van der Waals surface area contributed by atoms with E-state index in [1.165, 1.54) is 30.5 Å². The first kappa shape index (κ1) is 24.1. The summed E-state index contributed by atoms with van der Waals surface area (Å²) in [6, 6.07) is 17.6. The van der Waals surface area contributed by atoms with Gasteiger partial charge in [-0.25, -0.2) is 5.43 Å². The van der Waals surface area contributed by atoms with Crippen LogP contribution in [0.1, 0.15) is 15.9 Å². The Hall–Kier alpha value is -3.57. The van der Waals surface area contributed by atoms with E-state index in [-0.39, 0.29) is 23.8 Å². The van der Waals surface area contributed by atoms with Crippen LogP contribution in [0.15, 0.2) is 80.8 Å². The van der Waals surface area contributed by atoms with Crippen molar-refractivity contribution in [1.82, 2.24) is 5.43 Å². The third kappa shape index (κ3) is 6.96. The summed E-state index contributed by atoms with van der Waals surface area (Å²) >= 11 is 6.78. The summed E-state index contributed by atoms with van der Waals surface area (Å²) in [5, 5.41) is 17.4. The van der Waals surface area contributed by atoms with Gasteiger partial charge in [0.15, 0.2) is 6.61 Å². The molecule has 3 aromatic carbocycles. The van der Waals surface area contributed by atoms with E-state index >= 15 is 0 Å². The van der Waals surface area contributed by atoms with E-state index in [0.717, 1.165) is 4.47 Å². The molecule has 0 aromatic heterocycles. The molecule has 0 heterocycles. The average Bonchev–Trinajstić information content (AvgIpc) is 2.79. The van der Waals surface area contributed by atoms with E-state index in [0.29, 0.717) is 21.5 Å². The normalized spacial score (nSPS) is 10.6. The molecule has 11 heteroatoms. The molecule has 2 amide bonds. The number of hydrazone groups is 1. The number of non-ortho nitro benzene ring substituents is 1. The molecule has 0 bridgehead atoms. The van der Waals surface area contributed by atoms with Crippen LogP contribution < -0.4 is 15.5 Å². The molecule has 0 aliphatic carbocycles. The van der Waals surface area contributed by atoms with E-state index in [9.17, 15) is 19.7 Å². The SMILES string of the molecule is O=C(COc1c(Br)cc(Br)cc1/C=N/NC(=O)c1ccc([N+](=O)[O-])cc1)Nc1ccccc1. The number of hydrogen-bond donors (Lipinski definition) is 2. The van der Waals surface area contributed by atoms with Gasteiger partial charge < -0.3 is 10.1 Å². The highest BCUT2D eigenvalue weighted by atomic mass is 79.9. The van der Waals surface area contributed by atoms with Gasteiger partial charge in [0.05, 0.1) is 15.6 Å². The van der Waals surface area contributed by atoms with E-state index < -0.39 is 10.8 Å². The molecule has 0 atom stereocenters. The number of carbonyl (C=O) groups is 2. The van der Waals surface area contributed by atoms with Crippen LogP contribution in [0.3, 0.4) is 0 Å². The molecule has 0 radical (unpaired) electrons. The second-order valence-corrected chi connectivity index (χ2v) is 8.28. The number of anilines is 1. The molecule has 3 aromatic rings. The van der Waals surface area contributed by atoms with Crippen LogP contribution >= 0.6 is 31.9 Å². The Labute approximate surface area is 205 Å². The first-order chi connectivity index (χ1) is 15.8. The third-order valence-corrected chi connectivity index (χ3v) is 5.20. The van der Waals surface area contributed by atoms with Gasteiger partial charge in [-0.3, -0.25) is 19.7 Å². The fourth-order valence-electron chi connectivity index (χ4n) is 2.64. The number of para-hydroxylation sites is 1. The van der Waals surface area contributed by atoms with Crippen molar-refractivity contribution in [3.63, 3.8) is 0 Å². The first-order valence-electron chi connectivity index (χ1n) is 9.38. The lowest BCUT2D eigenvalue weighted by Crippen LogP contribution is -2.21. The minimum atomic E-state index is -0.549. The number of nitro groups is 1. The van der Waals surface area contributed by atoms with E-state index in [2.05, 4.69) is 47.7 Å². The number of carbonyl (C=O) groups excluding carboxylic acids is 2. The van der Waals surface area contributed by atoms with Gasteiger partial charge in [-0.05, 0) is 52.3 Å². The molecule has 33 heavy (non-hydrogen) atoms. The molecular formula is C22H16Br2N4O5. The molecule has 168 valence electrons. The Balaban J connectivity index is 1.67. The molecule has 0 fully saturated rings. The number of benzene rings is 3. The first-order valence-corrected chi connectivity index (χ1v) is 11.0. The van der Waals surface area contributed by atoms with Crippen molar-refractivity contribution in [1.29, 1.82) is 0 Å². The number of amides is 2. The summed E-state index contributed by atoms with van der Waals surface area (Å²) in [6.45, 7) is -0.245. The number of nitro benzene ring substituents is 1. The number of hydrogen-bond acceptors (Lipinski definition) is 6. The molecule has 0 aliphatic heterocycles. The lowest BCUT2D eigenvalue weighted by atomic mass is 10.2. The van der Waals surface area contributed by atoms with Crippen molar-refractivity contribution in [3.8, 4) is 5.75 Å². The van der Waals surface area contributed by atoms with Crippen LogP contribution in [0.5, 0.6) is 5.75 Å². The number of halogens is 2. The van der Waals surface area contributed by atoms with Gasteiger partial charge in [0.1, 0.15) is 5.75 Å². The molecule has 3 rings (SSSR count). The lowest BCUT2D eigenvalue weighted by molar-refractivity contribution is -0.384. The highest BCUT2D eigenvalue weighted by molar-refractivity contribution is 9.11. The molecule has 0 spiro atoms. The van der Waals surface area contributed by atoms with E-state index in [4.69, 9.17) is 4.74 Å². The van der Waals surface area contributed by atoms with Crippen molar-refractivity contribution in [2.45, 2.75) is 0 Å². The summed E-state index contributed by atoms with van der Waals surface area (Å²) in [5.74, 6) is -0.528. The van der Waals surface area contributed by atoms with Crippen LogP contribution in [0.2, 0.25) is 0 Å². The standard InChI is InChI=1S/C22H16Br2N4O5/c23-16-10-15(12-25-27-22(30)14-6-8-18(9-7-14)28(31)32)21(19(24)11-16)33-13-20(29)26-17-4-2-1-3-5-17/h1-12H,13H2,(H,26,29)(H,27,30)/b25-12+. The van der Waals surface area contributed by atoms with Crippen LogP contribution in [0, 0.1) is 10.1 Å². The fraction of sp³-hybridized carbons (Fsp3) is 0.0455. The predicted octanol–water partition coefficient (Wildman–Crippen LogP) is 4.90. The zero-order chi connectivity index (χ0) is 23.8. The van der Waals surface area contributed by atoms with Crippen molar-refractivity contribution < 1.29 is 19.2 Å². The van der Waals surface area contributed by atoms with Crippen LogP contribution in [0.25, 0.3) is 0 Å². The third-order valence-electron chi connectivity index (χ3n) is 4.15. The second kappa shape index (κ2) is 11.3. The number of rotatable bonds is 8. The highest BCUT2D eigenvalue weighted by Gasteiger charge is 2.13. The summed E-state index contributed by atoms with van der Waals surface area (Å²) < 4.78 is 6.98. The minimum Gasteiger partial charge on any atom is -0.482 e. The Bertz CT molecular complexity index is 1200. The molecule has 0 saturated carbocycles. The van der Waals surface area contributed by atoms with Gasteiger partial charge in [0.25, 0.3) is 17.5 Å². The van der Waals surface area contributed by atoms with Crippen molar-refractivity contribution in [2.24, 2.45) is 5.10 Å². The molecule has 9 nitrogen and oxygen atoms in total. The van der Waals surface area contributed by atoms with Gasteiger partial charge in [-0.2, -0.15) is 5.10 Å². The minimum absolute atomic E-state index is 0.118. The maximum Gasteiger partial charge on any atom is 0.271 e. The summed E-state index contributed by atoms with van der Waals surface area (Å²) in [4.78, 5) is 34.6. The molecule has 0 saturated heterocycles. The zero-order valence-electron chi connectivity index (χ0n) is 16.8. The van der Waals surface area contributed by atoms with Gasteiger partial charge in [0, 0.05) is 33.4 Å². The average molecular weight is 576 g/mol. The number of ether oxygens (including phenoxy) is 1. The zero-order valence-corrected chi connectivity index (χ0v) is 20.0. The predicted molar refractivity (Wildman–Crippen MR) is 131 cm³/mol. The largest absolute Gasteiger partial charge is 0.482 e. The van der Waals surface area contributed by atoms with Gasteiger partial charge in [0.2, 0.25) is 0 Å². The Kier molecular flexibility index (Phi) is 8.28.